The van der Waals surface area contributed by atoms with E-state index in [0.717, 1.165) is 17.2 Å². The number of hydrogen-bond acceptors (Lipinski definition) is 6. The smallest absolute Gasteiger partial charge is 0.148 e. The molecule has 6 nitrogen and oxygen atoms in total. The van der Waals surface area contributed by atoms with Crippen molar-refractivity contribution in [2.45, 2.75) is 51.1 Å². The summed E-state index contributed by atoms with van der Waals surface area (Å²) in [6.07, 6.45) is 5.38. The largest absolute Gasteiger partial charge is 0.365 e. The Balaban J connectivity index is 1.83. The van der Waals surface area contributed by atoms with Gasteiger partial charge in [0.2, 0.25) is 0 Å². The number of hydrazine groups is 1. The molecule has 110 valence electrons. The van der Waals surface area contributed by atoms with Crippen LogP contribution in [0.3, 0.4) is 0 Å². The molecule has 20 heavy (non-hydrogen) atoms. The van der Waals surface area contributed by atoms with Crippen molar-refractivity contribution in [1.82, 2.24) is 14.9 Å². The molecular formula is C14H24N6. The fourth-order valence-corrected chi connectivity index (χ4v) is 3.60. The molecule has 0 radical (unpaired) electrons. The number of hydrogen-bond donors (Lipinski definition) is 3. The molecule has 1 aromatic heterocycles. The van der Waals surface area contributed by atoms with Gasteiger partial charge in [-0.05, 0) is 31.7 Å². The molecular weight excluding hydrogens is 252 g/mol. The zero-order chi connectivity index (χ0) is 14.1. The summed E-state index contributed by atoms with van der Waals surface area (Å²) in [5.74, 6) is 7.55. The molecule has 4 N–H and O–H groups in total. The van der Waals surface area contributed by atoms with Crippen LogP contribution in [-0.4, -0.2) is 40.0 Å². The first kappa shape index (κ1) is 13.6. The minimum atomic E-state index is 0.325. The highest BCUT2D eigenvalue weighted by molar-refractivity contribution is 5.59. The Morgan fingerprint density at radius 2 is 2.05 bits per heavy atom. The minimum absolute atomic E-state index is 0.325. The van der Waals surface area contributed by atoms with Crippen LogP contribution in [0.1, 0.15) is 44.6 Å². The molecule has 2 atom stereocenters. The van der Waals surface area contributed by atoms with Crippen molar-refractivity contribution in [3.05, 3.63) is 11.9 Å². The summed E-state index contributed by atoms with van der Waals surface area (Å²) in [5.41, 5.74) is 3.76. The monoisotopic (exact) mass is 276 g/mol. The maximum atomic E-state index is 5.57. The van der Waals surface area contributed by atoms with Gasteiger partial charge in [0.1, 0.15) is 18.0 Å². The van der Waals surface area contributed by atoms with Gasteiger partial charge in [-0.2, -0.15) is 0 Å². The van der Waals surface area contributed by atoms with Gasteiger partial charge in [0.25, 0.3) is 0 Å². The Kier molecular flexibility index (Phi) is 3.76. The highest BCUT2D eigenvalue weighted by Gasteiger charge is 2.37. The molecule has 0 bridgehead atoms. The predicted octanol–water partition coefficient (Wildman–Crippen LogP) is 1.53. The molecule has 2 saturated heterocycles. The van der Waals surface area contributed by atoms with Crippen molar-refractivity contribution in [2.24, 2.45) is 5.84 Å². The van der Waals surface area contributed by atoms with Crippen molar-refractivity contribution in [2.75, 3.05) is 23.8 Å². The first-order valence-electron chi connectivity index (χ1n) is 7.52. The van der Waals surface area contributed by atoms with Crippen LogP contribution in [0.4, 0.5) is 11.6 Å². The number of nitrogen functional groups attached to an aromatic ring is 1. The zero-order valence-corrected chi connectivity index (χ0v) is 12.3. The number of nitrogens with one attached hydrogen (secondary N) is 2. The zero-order valence-electron chi connectivity index (χ0n) is 12.3. The Morgan fingerprint density at radius 1 is 1.25 bits per heavy atom. The maximum absolute atomic E-state index is 5.57. The second kappa shape index (κ2) is 5.54. The third-order valence-corrected chi connectivity index (χ3v) is 4.53. The van der Waals surface area contributed by atoms with Gasteiger partial charge < -0.3 is 10.7 Å². The van der Waals surface area contributed by atoms with E-state index in [1.807, 2.05) is 0 Å². The summed E-state index contributed by atoms with van der Waals surface area (Å²) in [7, 11) is 0. The third kappa shape index (κ3) is 2.33. The number of anilines is 2. The SMILES string of the molecule is CC(C)c1c(NN)ncnc1NC1CCN2CCCC12. The molecule has 0 saturated carbocycles. The van der Waals surface area contributed by atoms with Gasteiger partial charge in [-0.1, -0.05) is 13.8 Å². The average molecular weight is 276 g/mol. The van der Waals surface area contributed by atoms with Crippen molar-refractivity contribution in [3.8, 4) is 0 Å². The molecule has 2 unspecified atom stereocenters. The van der Waals surface area contributed by atoms with Gasteiger partial charge in [-0.25, -0.2) is 15.8 Å². The van der Waals surface area contributed by atoms with Crippen LogP contribution >= 0.6 is 0 Å². The molecule has 0 spiro atoms. The second-order valence-electron chi connectivity index (χ2n) is 6.07. The highest BCUT2D eigenvalue weighted by Crippen LogP contribution is 2.33. The topological polar surface area (TPSA) is 79.1 Å². The standard InChI is InChI=1S/C14H24N6/c1-9(2)12-13(16-8-17-14(12)19-15)18-10-5-7-20-6-3-4-11(10)20/h8-11H,3-7,15H2,1-2H3,(H2,16,17,18,19). The van der Waals surface area contributed by atoms with E-state index >= 15 is 0 Å². The number of fused-ring (bicyclic) bond motifs is 1. The lowest BCUT2D eigenvalue weighted by atomic mass is 10.0. The first-order chi connectivity index (χ1) is 9.70. The van der Waals surface area contributed by atoms with Crippen LogP contribution in [0, 0.1) is 0 Å². The molecule has 0 aliphatic carbocycles. The summed E-state index contributed by atoms with van der Waals surface area (Å²) in [5, 5.41) is 3.65. The van der Waals surface area contributed by atoms with Crippen molar-refractivity contribution < 1.29 is 0 Å². The van der Waals surface area contributed by atoms with E-state index in [2.05, 4.69) is 39.5 Å². The molecule has 0 amide bonds. The minimum Gasteiger partial charge on any atom is -0.365 e. The fraction of sp³-hybridized carbons (Fsp3) is 0.714. The Morgan fingerprint density at radius 3 is 2.80 bits per heavy atom. The van der Waals surface area contributed by atoms with Gasteiger partial charge in [-0.3, -0.25) is 4.90 Å². The lowest BCUT2D eigenvalue weighted by Crippen LogP contribution is -2.34. The quantitative estimate of drug-likeness (QED) is 0.572. The molecule has 1 aromatic rings. The molecule has 6 heteroatoms. The lowest BCUT2D eigenvalue weighted by molar-refractivity contribution is 0.318. The summed E-state index contributed by atoms with van der Waals surface area (Å²) in [6, 6.07) is 1.16. The average Bonchev–Trinajstić information content (AvgIpc) is 3.03. The molecule has 2 aliphatic heterocycles. The Labute approximate surface area is 120 Å². The second-order valence-corrected chi connectivity index (χ2v) is 6.07. The molecule has 3 rings (SSSR count). The van der Waals surface area contributed by atoms with E-state index in [1.165, 1.54) is 32.4 Å². The Bertz CT molecular complexity index is 475. The maximum Gasteiger partial charge on any atom is 0.148 e. The van der Waals surface area contributed by atoms with E-state index in [1.54, 1.807) is 6.33 Å². The van der Waals surface area contributed by atoms with Gasteiger partial charge in [-0.15, -0.1) is 0 Å². The van der Waals surface area contributed by atoms with Crippen molar-refractivity contribution in [3.63, 3.8) is 0 Å². The van der Waals surface area contributed by atoms with Crippen LogP contribution in [0.2, 0.25) is 0 Å². The van der Waals surface area contributed by atoms with Crippen LogP contribution in [0.5, 0.6) is 0 Å². The molecule has 3 heterocycles. The third-order valence-electron chi connectivity index (χ3n) is 4.53. The van der Waals surface area contributed by atoms with Gasteiger partial charge >= 0.3 is 0 Å². The summed E-state index contributed by atoms with van der Waals surface area (Å²) in [4.78, 5) is 11.3. The predicted molar refractivity (Wildman–Crippen MR) is 80.6 cm³/mol. The summed E-state index contributed by atoms with van der Waals surface area (Å²) >= 11 is 0. The number of rotatable bonds is 4. The van der Waals surface area contributed by atoms with Gasteiger partial charge in [0.15, 0.2) is 0 Å². The van der Waals surface area contributed by atoms with E-state index in [9.17, 15) is 0 Å². The summed E-state index contributed by atoms with van der Waals surface area (Å²) in [6.45, 7) is 6.73. The van der Waals surface area contributed by atoms with Crippen molar-refractivity contribution >= 4 is 11.6 Å². The summed E-state index contributed by atoms with van der Waals surface area (Å²) < 4.78 is 0. The Hall–Kier alpha value is -1.40. The van der Waals surface area contributed by atoms with Crippen molar-refractivity contribution in [1.29, 1.82) is 0 Å². The molecule has 2 aliphatic rings. The van der Waals surface area contributed by atoms with Crippen LogP contribution < -0.4 is 16.6 Å². The van der Waals surface area contributed by atoms with Crippen LogP contribution in [0.25, 0.3) is 0 Å². The normalized spacial score (nSPS) is 26.0. The fourth-order valence-electron chi connectivity index (χ4n) is 3.60. The van der Waals surface area contributed by atoms with Crippen LogP contribution in [0.15, 0.2) is 6.33 Å². The molecule has 0 aromatic carbocycles. The highest BCUT2D eigenvalue weighted by atomic mass is 15.3. The first-order valence-corrected chi connectivity index (χ1v) is 7.52. The lowest BCUT2D eigenvalue weighted by Gasteiger charge is -2.24. The number of aromatic nitrogens is 2. The van der Waals surface area contributed by atoms with Crippen LogP contribution in [-0.2, 0) is 0 Å². The number of nitrogens with two attached hydrogens (primary N) is 1. The van der Waals surface area contributed by atoms with Gasteiger partial charge in [0, 0.05) is 24.2 Å². The van der Waals surface area contributed by atoms with E-state index in [4.69, 9.17) is 5.84 Å². The van der Waals surface area contributed by atoms with Gasteiger partial charge in [0.05, 0.1) is 0 Å². The van der Waals surface area contributed by atoms with E-state index in [0.29, 0.717) is 18.0 Å². The molecule has 2 fully saturated rings. The number of nitrogens with zero attached hydrogens (tertiary/aromatic N) is 3. The van der Waals surface area contributed by atoms with E-state index < -0.39 is 0 Å². The van der Waals surface area contributed by atoms with E-state index in [-0.39, 0.29) is 0 Å².